The molecule has 0 saturated carbocycles. The molecule has 1 aromatic carbocycles. The van der Waals surface area contributed by atoms with Crippen LogP contribution >= 0.6 is 0 Å². The molecule has 1 rings (SSSR count). The number of phenolic OH excluding ortho intramolecular Hbond substituents is 1. The molecule has 18 heavy (non-hydrogen) atoms. The van der Waals surface area contributed by atoms with Gasteiger partial charge in [0.15, 0.2) is 18.1 Å². The Morgan fingerprint density at radius 3 is 2.72 bits per heavy atom. The summed E-state index contributed by atoms with van der Waals surface area (Å²) in [6, 6.07) is 4.51. The van der Waals surface area contributed by atoms with Crippen molar-refractivity contribution >= 4 is 18.0 Å². The molecular formula is C12H12O6. The Morgan fingerprint density at radius 1 is 1.39 bits per heavy atom. The monoisotopic (exact) mass is 252 g/mol. The van der Waals surface area contributed by atoms with Crippen LogP contribution in [0.5, 0.6) is 11.5 Å². The molecule has 1 aromatic rings. The third-order valence-electron chi connectivity index (χ3n) is 1.95. The molecule has 0 heterocycles. The quantitative estimate of drug-likeness (QED) is 0.600. The van der Waals surface area contributed by atoms with Gasteiger partial charge in [-0.05, 0) is 23.8 Å². The molecule has 6 nitrogen and oxygen atoms in total. The second-order valence-corrected chi connectivity index (χ2v) is 3.27. The zero-order valence-corrected chi connectivity index (χ0v) is 9.62. The highest BCUT2D eigenvalue weighted by Crippen LogP contribution is 2.26. The van der Waals surface area contributed by atoms with E-state index in [9.17, 15) is 14.7 Å². The molecule has 0 amide bonds. The number of methoxy groups -OCH3 is 1. The number of aromatic hydroxyl groups is 1. The van der Waals surface area contributed by atoms with Crippen molar-refractivity contribution in [2.45, 2.75) is 0 Å². The Bertz CT molecular complexity index is 477. The average molecular weight is 252 g/mol. The van der Waals surface area contributed by atoms with E-state index in [0.717, 1.165) is 6.08 Å². The number of esters is 1. The number of hydrogen-bond acceptors (Lipinski definition) is 5. The van der Waals surface area contributed by atoms with Gasteiger partial charge in [-0.1, -0.05) is 6.07 Å². The van der Waals surface area contributed by atoms with Crippen LogP contribution in [0.2, 0.25) is 0 Å². The van der Waals surface area contributed by atoms with Crippen LogP contribution < -0.4 is 4.74 Å². The fourth-order valence-corrected chi connectivity index (χ4v) is 1.14. The van der Waals surface area contributed by atoms with Crippen LogP contribution in [0.1, 0.15) is 5.56 Å². The predicted molar refractivity (Wildman–Crippen MR) is 62.3 cm³/mol. The molecule has 96 valence electrons. The summed E-state index contributed by atoms with van der Waals surface area (Å²) in [7, 11) is 1.41. The van der Waals surface area contributed by atoms with Gasteiger partial charge in [0.25, 0.3) is 0 Å². The molecule has 0 aliphatic rings. The minimum absolute atomic E-state index is 0.0110. The minimum atomic E-state index is -1.22. The van der Waals surface area contributed by atoms with E-state index >= 15 is 0 Å². The average Bonchev–Trinajstić information content (AvgIpc) is 2.35. The van der Waals surface area contributed by atoms with Gasteiger partial charge in [-0.2, -0.15) is 0 Å². The number of carboxylic acids is 1. The number of benzene rings is 1. The second kappa shape index (κ2) is 6.29. The summed E-state index contributed by atoms with van der Waals surface area (Å²) in [6.45, 7) is -0.678. The lowest BCUT2D eigenvalue weighted by Crippen LogP contribution is -2.10. The lowest BCUT2D eigenvalue weighted by Gasteiger charge is -2.03. The largest absolute Gasteiger partial charge is 0.504 e. The molecule has 0 aromatic heterocycles. The van der Waals surface area contributed by atoms with E-state index < -0.39 is 18.5 Å². The zero-order chi connectivity index (χ0) is 13.5. The maximum absolute atomic E-state index is 11.1. The summed E-state index contributed by atoms with van der Waals surface area (Å²) in [4.78, 5) is 21.2. The highest BCUT2D eigenvalue weighted by Gasteiger charge is 2.03. The van der Waals surface area contributed by atoms with Gasteiger partial charge in [-0.15, -0.1) is 0 Å². The van der Waals surface area contributed by atoms with E-state index in [2.05, 4.69) is 4.74 Å². The summed E-state index contributed by atoms with van der Waals surface area (Å²) in [5.41, 5.74) is 0.608. The van der Waals surface area contributed by atoms with Crippen molar-refractivity contribution in [1.29, 1.82) is 0 Å². The Balaban J connectivity index is 2.66. The molecule has 6 heteroatoms. The van der Waals surface area contributed by atoms with Gasteiger partial charge in [0.1, 0.15) is 0 Å². The van der Waals surface area contributed by atoms with Crippen molar-refractivity contribution < 1.29 is 29.3 Å². The molecule has 0 bridgehead atoms. The van der Waals surface area contributed by atoms with Crippen LogP contribution in [0.15, 0.2) is 24.3 Å². The standard InChI is InChI=1S/C12H12O6/c1-17-10-6-8(2-4-9(10)13)3-5-12(16)18-7-11(14)15/h2-6,13H,7H2,1H3,(H,14,15). The van der Waals surface area contributed by atoms with E-state index in [1.807, 2.05) is 0 Å². The first-order valence-electron chi connectivity index (χ1n) is 4.96. The number of ether oxygens (including phenoxy) is 2. The topological polar surface area (TPSA) is 93.1 Å². The second-order valence-electron chi connectivity index (χ2n) is 3.27. The number of aliphatic carboxylic acids is 1. The van der Waals surface area contributed by atoms with Crippen molar-refractivity contribution in [3.05, 3.63) is 29.8 Å². The lowest BCUT2D eigenvalue weighted by molar-refractivity contribution is -0.151. The molecule has 0 aliphatic heterocycles. The van der Waals surface area contributed by atoms with Crippen molar-refractivity contribution in [3.63, 3.8) is 0 Å². The Labute approximate surface area is 103 Å². The first-order valence-corrected chi connectivity index (χ1v) is 4.96. The van der Waals surface area contributed by atoms with Crippen LogP contribution in [-0.2, 0) is 14.3 Å². The predicted octanol–water partition coefficient (Wildman–Crippen LogP) is 1.04. The molecule has 0 radical (unpaired) electrons. The number of phenols is 1. The van der Waals surface area contributed by atoms with Crippen molar-refractivity contribution in [3.8, 4) is 11.5 Å². The number of carbonyl (C=O) groups excluding carboxylic acids is 1. The van der Waals surface area contributed by atoms with E-state index in [0.29, 0.717) is 5.56 Å². The van der Waals surface area contributed by atoms with Gasteiger partial charge < -0.3 is 19.7 Å². The highest BCUT2D eigenvalue weighted by atomic mass is 16.5. The highest BCUT2D eigenvalue weighted by molar-refractivity contribution is 5.88. The van der Waals surface area contributed by atoms with Crippen LogP contribution in [0.25, 0.3) is 6.08 Å². The smallest absolute Gasteiger partial charge is 0.341 e. The first-order chi connectivity index (χ1) is 8.52. The van der Waals surface area contributed by atoms with E-state index in [1.54, 1.807) is 6.07 Å². The maximum Gasteiger partial charge on any atom is 0.341 e. The van der Waals surface area contributed by atoms with E-state index in [1.165, 1.54) is 25.3 Å². The van der Waals surface area contributed by atoms with Gasteiger partial charge in [-0.25, -0.2) is 9.59 Å². The van der Waals surface area contributed by atoms with E-state index in [4.69, 9.17) is 9.84 Å². The SMILES string of the molecule is COc1cc(C=CC(=O)OCC(=O)O)ccc1O. The van der Waals surface area contributed by atoms with Gasteiger partial charge >= 0.3 is 11.9 Å². The first kappa shape index (κ1) is 13.6. The molecular weight excluding hydrogens is 240 g/mol. The Hall–Kier alpha value is -2.50. The molecule has 2 N–H and O–H groups in total. The fourth-order valence-electron chi connectivity index (χ4n) is 1.14. The molecule has 0 spiro atoms. The summed E-state index contributed by atoms with van der Waals surface area (Å²) in [6.07, 6.45) is 2.51. The van der Waals surface area contributed by atoms with Gasteiger partial charge in [0.2, 0.25) is 0 Å². The van der Waals surface area contributed by atoms with Crippen LogP contribution in [0.4, 0.5) is 0 Å². The lowest BCUT2D eigenvalue weighted by atomic mass is 10.2. The minimum Gasteiger partial charge on any atom is -0.504 e. The van der Waals surface area contributed by atoms with Gasteiger partial charge in [0, 0.05) is 6.08 Å². The summed E-state index contributed by atoms with van der Waals surface area (Å²) >= 11 is 0. The number of hydrogen-bond donors (Lipinski definition) is 2. The number of carboxylic acid groups (broad SMARTS) is 1. The van der Waals surface area contributed by atoms with Gasteiger partial charge in [-0.3, -0.25) is 0 Å². The Morgan fingerprint density at radius 2 is 2.11 bits per heavy atom. The van der Waals surface area contributed by atoms with Crippen molar-refractivity contribution in [2.75, 3.05) is 13.7 Å². The number of carbonyl (C=O) groups is 2. The Kier molecular flexibility index (Phi) is 4.74. The molecule has 0 aliphatic carbocycles. The zero-order valence-electron chi connectivity index (χ0n) is 9.62. The fraction of sp³-hybridized carbons (Fsp3) is 0.167. The summed E-state index contributed by atoms with van der Waals surface area (Å²) in [5.74, 6) is -1.72. The van der Waals surface area contributed by atoms with E-state index in [-0.39, 0.29) is 11.5 Å². The van der Waals surface area contributed by atoms with Crippen LogP contribution in [0.3, 0.4) is 0 Å². The maximum atomic E-state index is 11.1. The summed E-state index contributed by atoms with van der Waals surface area (Å²) in [5, 5.41) is 17.7. The van der Waals surface area contributed by atoms with Crippen LogP contribution in [0, 0.1) is 0 Å². The van der Waals surface area contributed by atoms with Crippen molar-refractivity contribution in [2.24, 2.45) is 0 Å². The van der Waals surface area contributed by atoms with Gasteiger partial charge in [0.05, 0.1) is 7.11 Å². The van der Waals surface area contributed by atoms with Crippen molar-refractivity contribution in [1.82, 2.24) is 0 Å². The number of rotatable bonds is 5. The third kappa shape index (κ3) is 4.17. The summed E-state index contributed by atoms with van der Waals surface area (Å²) < 4.78 is 9.29. The molecule has 0 atom stereocenters. The van der Waals surface area contributed by atoms with Crippen LogP contribution in [-0.4, -0.2) is 35.9 Å². The molecule has 0 unspecified atom stereocenters. The molecule has 0 fully saturated rings. The normalized spacial score (nSPS) is 10.3. The molecule has 0 saturated heterocycles. The third-order valence-corrected chi connectivity index (χ3v) is 1.95.